The molecule has 1 aliphatic rings. The van der Waals surface area contributed by atoms with Crippen LogP contribution in [0.15, 0.2) is 66.4 Å². The van der Waals surface area contributed by atoms with Crippen molar-refractivity contribution >= 4 is 40.4 Å². The Morgan fingerprint density at radius 3 is 2.35 bits per heavy atom. The molecule has 0 radical (unpaired) electrons. The smallest absolute Gasteiger partial charge is 0.282 e. The van der Waals surface area contributed by atoms with Crippen molar-refractivity contribution in [2.45, 2.75) is 20.8 Å². The second kappa shape index (κ2) is 8.00. The lowest BCUT2D eigenvalue weighted by Crippen LogP contribution is -2.32. The van der Waals surface area contributed by atoms with E-state index in [1.807, 2.05) is 45.0 Å². The molecule has 0 aromatic heterocycles. The van der Waals surface area contributed by atoms with Gasteiger partial charge in [-0.1, -0.05) is 47.5 Å². The second-order valence-electron chi connectivity index (χ2n) is 7.58. The van der Waals surface area contributed by atoms with Gasteiger partial charge in [-0.3, -0.25) is 9.59 Å². The van der Waals surface area contributed by atoms with Crippen LogP contribution in [0.3, 0.4) is 0 Å². The summed E-state index contributed by atoms with van der Waals surface area (Å²) in [7, 11) is 0. The van der Waals surface area contributed by atoms with Crippen LogP contribution in [0, 0.1) is 26.6 Å². The van der Waals surface area contributed by atoms with Gasteiger partial charge in [0.1, 0.15) is 11.5 Å². The van der Waals surface area contributed by atoms with E-state index in [2.05, 4.69) is 5.32 Å². The van der Waals surface area contributed by atoms with Gasteiger partial charge < -0.3 is 5.32 Å². The van der Waals surface area contributed by atoms with E-state index in [-0.39, 0.29) is 17.0 Å². The van der Waals surface area contributed by atoms with Crippen molar-refractivity contribution in [1.82, 2.24) is 0 Å². The van der Waals surface area contributed by atoms with E-state index in [1.165, 1.54) is 24.3 Å². The fourth-order valence-electron chi connectivity index (χ4n) is 3.70. The molecule has 3 aromatic carbocycles. The van der Waals surface area contributed by atoms with Crippen LogP contribution in [0.4, 0.5) is 15.8 Å². The second-order valence-corrected chi connectivity index (χ2v) is 8.01. The number of nitrogens with zero attached hydrogens (tertiary/aromatic N) is 1. The lowest BCUT2D eigenvalue weighted by Gasteiger charge is -2.16. The van der Waals surface area contributed by atoms with Gasteiger partial charge in [-0.2, -0.15) is 0 Å². The molecule has 0 fully saturated rings. The molecule has 2 amide bonds. The highest BCUT2D eigenvalue weighted by molar-refractivity contribution is 6.46. The van der Waals surface area contributed by atoms with Crippen molar-refractivity contribution in [2.75, 3.05) is 10.2 Å². The van der Waals surface area contributed by atoms with Crippen LogP contribution in [-0.4, -0.2) is 11.8 Å². The fourth-order valence-corrected chi connectivity index (χ4v) is 3.88. The summed E-state index contributed by atoms with van der Waals surface area (Å²) in [6.07, 6.45) is 0. The van der Waals surface area contributed by atoms with E-state index in [0.717, 1.165) is 21.6 Å². The first kappa shape index (κ1) is 20.8. The Labute approximate surface area is 185 Å². The predicted octanol–water partition coefficient (Wildman–Crippen LogP) is 5.80. The number of carbonyl (C=O) groups is 2. The molecule has 1 N–H and O–H groups in total. The Morgan fingerprint density at radius 1 is 0.871 bits per heavy atom. The summed E-state index contributed by atoms with van der Waals surface area (Å²) in [5.41, 5.74) is 4.58. The normalized spacial score (nSPS) is 13.9. The van der Waals surface area contributed by atoms with Crippen molar-refractivity contribution in [3.8, 4) is 0 Å². The molecule has 0 spiro atoms. The molecule has 0 saturated heterocycles. The Balaban J connectivity index is 1.89. The number of hydrogen-bond donors (Lipinski definition) is 1. The van der Waals surface area contributed by atoms with Crippen molar-refractivity contribution in [3.63, 3.8) is 0 Å². The first-order chi connectivity index (χ1) is 14.8. The summed E-state index contributed by atoms with van der Waals surface area (Å²) in [6, 6.07) is 16.4. The van der Waals surface area contributed by atoms with Crippen molar-refractivity contribution in [2.24, 2.45) is 0 Å². The van der Waals surface area contributed by atoms with E-state index in [1.54, 1.807) is 12.1 Å². The Hall–Kier alpha value is -3.44. The Kier molecular flexibility index (Phi) is 5.38. The first-order valence-corrected chi connectivity index (χ1v) is 10.1. The molecule has 0 saturated carbocycles. The van der Waals surface area contributed by atoms with Crippen LogP contribution in [0.2, 0.25) is 5.02 Å². The van der Waals surface area contributed by atoms with Gasteiger partial charge in [-0.15, -0.1) is 0 Å². The van der Waals surface area contributed by atoms with Crippen molar-refractivity contribution in [1.29, 1.82) is 0 Å². The minimum absolute atomic E-state index is 0.131. The fraction of sp³-hybridized carbons (Fsp3) is 0.120. The van der Waals surface area contributed by atoms with Gasteiger partial charge >= 0.3 is 0 Å². The molecule has 4 nitrogen and oxygen atoms in total. The monoisotopic (exact) mass is 434 g/mol. The molecule has 0 unspecified atom stereocenters. The first-order valence-electron chi connectivity index (χ1n) is 9.75. The van der Waals surface area contributed by atoms with E-state index in [0.29, 0.717) is 16.3 Å². The van der Waals surface area contributed by atoms with Crippen LogP contribution in [-0.2, 0) is 9.59 Å². The van der Waals surface area contributed by atoms with Gasteiger partial charge in [-0.05, 0) is 67.8 Å². The predicted molar refractivity (Wildman–Crippen MR) is 122 cm³/mol. The number of carbonyl (C=O) groups excluding carboxylic acids is 2. The van der Waals surface area contributed by atoms with Gasteiger partial charge in [0.05, 0.1) is 11.3 Å². The topological polar surface area (TPSA) is 49.4 Å². The molecule has 156 valence electrons. The minimum atomic E-state index is -0.551. The quantitative estimate of drug-likeness (QED) is 0.528. The van der Waals surface area contributed by atoms with Crippen LogP contribution in [0.25, 0.3) is 5.57 Å². The van der Waals surface area contributed by atoms with Gasteiger partial charge in [-0.25, -0.2) is 9.29 Å². The van der Waals surface area contributed by atoms with Gasteiger partial charge in [0.2, 0.25) is 0 Å². The molecular formula is C25H20ClFN2O2. The Bertz CT molecular complexity index is 1270. The molecule has 1 aliphatic heterocycles. The van der Waals surface area contributed by atoms with Gasteiger partial charge in [0.15, 0.2) is 0 Å². The summed E-state index contributed by atoms with van der Waals surface area (Å²) < 4.78 is 13.9. The molecule has 6 heteroatoms. The number of nitrogens with one attached hydrogen (secondary N) is 1. The highest BCUT2D eigenvalue weighted by Crippen LogP contribution is 2.36. The number of amides is 2. The van der Waals surface area contributed by atoms with Crippen molar-refractivity contribution in [3.05, 3.63) is 99.5 Å². The zero-order valence-corrected chi connectivity index (χ0v) is 18.0. The lowest BCUT2D eigenvalue weighted by molar-refractivity contribution is -0.120. The average molecular weight is 435 g/mol. The molecule has 3 aromatic rings. The third-order valence-electron chi connectivity index (χ3n) is 5.26. The van der Waals surface area contributed by atoms with E-state index in [9.17, 15) is 14.0 Å². The van der Waals surface area contributed by atoms with Gasteiger partial charge in [0, 0.05) is 10.7 Å². The highest BCUT2D eigenvalue weighted by Gasteiger charge is 2.41. The molecule has 0 aliphatic carbocycles. The number of hydrogen-bond acceptors (Lipinski definition) is 3. The zero-order chi connectivity index (χ0) is 22.3. The number of rotatable bonds is 4. The van der Waals surface area contributed by atoms with Crippen LogP contribution in [0.1, 0.15) is 22.3 Å². The average Bonchev–Trinajstić information content (AvgIpc) is 2.95. The summed E-state index contributed by atoms with van der Waals surface area (Å²) in [5.74, 6) is -1.59. The summed E-state index contributed by atoms with van der Waals surface area (Å²) in [6.45, 7) is 5.72. The third kappa shape index (κ3) is 3.84. The minimum Gasteiger partial charge on any atom is -0.350 e. The summed E-state index contributed by atoms with van der Waals surface area (Å²) >= 11 is 6.15. The van der Waals surface area contributed by atoms with Crippen molar-refractivity contribution < 1.29 is 14.0 Å². The number of anilines is 2. The maximum Gasteiger partial charge on any atom is 0.282 e. The molecule has 1 heterocycles. The van der Waals surface area contributed by atoms with E-state index >= 15 is 0 Å². The molecule has 31 heavy (non-hydrogen) atoms. The summed E-state index contributed by atoms with van der Waals surface area (Å²) in [4.78, 5) is 27.9. The van der Waals surface area contributed by atoms with Crippen LogP contribution >= 0.6 is 11.6 Å². The molecule has 4 rings (SSSR count). The standard InChI is InChI=1S/C25H20ClFN2O2/c1-14-7-10-20(16(3)11-14)22-23(28-21-12-17(26)9-8-15(21)2)25(31)29(24(22)30)19-6-4-5-18(27)13-19/h4-13,28H,1-3H3. The van der Waals surface area contributed by atoms with Crippen LogP contribution < -0.4 is 10.2 Å². The van der Waals surface area contributed by atoms with E-state index in [4.69, 9.17) is 11.6 Å². The number of benzene rings is 3. The SMILES string of the molecule is Cc1ccc(C2=C(Nc3cc(Cl)ccc3C)C(=O)N(c3cccc(F)c3)C2=O)c(C)c1. The molecule has 0 bridgehead atoms. The van der Waals surface area contributed by atoms with E-state index < -0.39 is 17.6 Å². The highest BCUT2D eigenvalue weighted by atomic mass is 35.5. The molecular weight excluding hydrogens is 415 g/mol. The number of halogens is 2. The third-order valence-corrected chi connectivity index (χ3v) is 5.50. The summed E-state index contributed by atoms with van der Waals surface area (Å²) in [5, 5.41) is 3.62. The lowest BCUT2D eigenvalue weighted by atomic mass is 9.97. The maximum atomic E-state index is 13.9. The maximum absolute atomic E-state index is 13.9. The Morgan fingerprint density at radius 2 is 1.65 bits per heavy atom. The number of aryl methyl sites for hydroxylation is 3. The van der Waals surface area contributed by atoms with Gasteiger partial charge in [0.25, 0.3) is 11.8 Å². The zero-order valence-electron chi connectivity index (χ0n) is 17.3. The molecule has 0 atom stereocenters. The van der Waals surface area contributed by atoms with Crippen LogP contribution in [0.5, 0.6) is 0 Å². The largest absolute Gasteiger partial charge is 0.350 e. The number of imide groups is 1.